The number of carboxylic acid groups (broad SMARTS) is 1. The van der Waals surface area contributed by atoms with Gasteiger partial charge in [-0.1, -0.05) is 11.6 Å². The van der Waals surface area contributed by atoms with E-state index in [9.17, 15) is 9.59 Å². The molecule has 0 fully saturated rings. The number of aromatic nitrogens is 1. The molecule has 0 aliphatic rings. The van der Waals surface area contributed by atoms with E-state index < -0.39 is 5.97 Å². The second kappa shape index (κ2) is 5.31. The number of anilines is 1. The number of hydrogen-bond acceptors (Lipinski definition) is 3. The third kappa shape index (κ3) is 4.42. The number of aliphatic carboxylic acids is 1. The number of carboxylic acids is 1. The predicted molar refractivity (Wildman–Crippen MR) is 54.7 cm³/mol. The highest BCUT2D eigenvalue weighted by Crippen LogP contribution is 2.09. The molecule has 1 aromatic rings. The van der Waals surface area contributed by atoms with Crippen molar-refractivity contribution in [1.82, 2.24) is 4.98 Å². The van der Waals surface area contributed by atoms with Gasteiger partial charge in [-0.2, -0.15) is 0 Å². The van der Waals surface area contributed by atoms with Crippen molar-refractivity contribution < 1.29 is 14.7 Å². The van der Waals surface area contributed by atoms with E-state index >= 15 is 0 Å². The van der Waals surface area contributed by atoms with Gasteiger partial charge in [0.1, 0.15) is 5.15 Å². The number of halogens is 1. The zero-order valence-corrected chi connectivity index (χ0v) is 8.49. The molecule has 2 N–H and O–H groups in total. The van der Waals surface area contributed by atoms with Crippen LogP contribution in [0, 0.1) is 0 Å². The number of rotatable bonds is 4. The van der Waals surface area contributed by atoms with Gasteiger partial charge in [-0.3, -0.25) is 9.59 Å². The zero-order chi connectivity index (χ0) is 11.3. The lowest BCUT2D eigenvalue weighted by Gasteiger charge is -2.02. The fourth-order valence-corrected chi connectivity index (χ4v) is 1.01. The number of pyridine rings is 1. The lowest BCUT2D eigenvalue weighted by atomic mass is 10.3. The molecule has 1 rings (SSSR count). The number of carbonyl (C=O) groups excluding carboxylic acids is 1. The van der Waals surface area contributed by atoms with Crippen LogP contribution >= 0.6 is 11.6 Å². The van der Waals surface area contributed by atoms with Crippen LogP contribution in [-0.2, 0) is 9.59 Å². The maximum atomic E-state index is 11.2. The van der Waals surface area contributed by atoms with Gasteiger partial charge in [-0.25, -0.2) is 4.98 Å². The lowest BCUT2D eigenvalue weighted by Crippen LogP contribution is -2.13. The average Bonchev–Trinajstić information content (AvgIpc) is 2.19. The molecule has 0 saturated carbocycles. The predicted octanol–water partition coefficient (Wildman–Crippen LogP) is 1.54. The highest BCUT2D eigenvalue weighted by molar-refractivity contribution is 6.29. The molecular formula is C9H9ClN2O3. The summed E-state index contributed by atoms with van der Waals surface area (Å²) in [6.45, 7) is 0. The minimum absolute atomic E-state index is 0.0576. The van der Waals surface area contributed by atoms with Crippen molar-refractivity contribution in [2.45, 2.75) is 12.8 Å². The van der Waals surface area contributed by atoms with Gasteiger partial charge >= 0.3 is 5.97 Å². The van der Waals surface area contributed by atoms with Crippen molar-refractivity contribution in [3.63, 3.8) is 0 Å². The molecule has 0 radical (unpaired) electrons. The van der Waals surface area contributed by atoms with Crippen molar-refractivity contribution in [2.24, 2.45) is 0 Å². The van der Waals surface area contributed by atoms with E-state index in [1.807, 2.05) is 0 Å². The Morgan fingerprint density at radius 2 is 2.13 bits per heavy atom. The molecule has 1 amide bonds. The van der Waals surface area contributed by atoms with Crippen LogP contribution < -0.4 is 5.32 Å². The summed E-state index contributed by atoms with van der Waals surface area (Å²) in [6, 6.07) is 3.13. The fraction of sp³-hybridized carbons (Fsp3) is 0.222. The minimum Gasteiger partial charge on any atom is -0.481 e. The van der Waals surface area contributed by atoms with Crippen LogP contribution in [0.25, 0.3) is 0 Å². The van der Waals surface area contributed by atoms with E-state index in [1.165, 1.54) is 12.3 Å². The molecule has 1 heterocycles. The van der Waals surface area contributed by atoms with Crippen LogP contribution in [0.1, 0.15) is 12.8 Å². The Kier molecular flexibility index (Phi) is 4.05. The Labute approximate surface area is 91.1 Å². The highest BCUT2D eigenvalue weighted by atomic mass is 35.5. The van der Waals surface area contributed by atoms with E-state index in [0.29, 0.717) is 10.8 Å². The van der Waals surface area contributed by atoms with Crippen LogP contribution in [0.5, 0.6) is 0 Å². The summed E-state index contributed by atoms with van der Waals surface area (Å²) in [6.07, 6.45) is 1.16. The first-order chi connectivity index (χ1) is 7.08. The third-order valence-corrected chi connectivity index (χ3v) is 1.80. The molecule has 0 bridgehead atoms. The van der Waals surface area contributed by atoms with Gasteiger partial charge in [0, 0.05) is 6.42 Å². The summed E-state index contributed by atoms with van der Waals surface area (Å²) in [5.41, 5.74) is 0.495. The molecule has 0 atom stereocenters. The Bertz CT molecular complexity index is 364. The van der Waals surface area contributed by atoms with Crippen LogP contribution in [0.15, 0.2) is 18.3 Å². The Hall–Kier alpha value is -1.62. The summed E-state index contributed by atoms with van der Waals surface area (Å²) >= 11 is 5.55. The maximum Gasteiger partial charge on any atom is 0.303 e. The SMILES string of the molecule is O=C(O)CCC(=O)Nc1ccc(Cl)nc1. The molecule has 0 aliphatic carbocycles. The smallest absolute Gasteiger partial charge is 0.303 e. The molecule has 0 unspecified atom stereocenters. The normalized spacial score (nSPS) is 9.67. The van der Waals surface area contributed by atoms with Gasteiger partial charge in [0.15, 0.2) is 0 Å². The highest BCUT2D eigenvalue weighted by Gasteiger charge is 2.05. The van der Waals surface area contributed by atoms with E-state index in [1.54, 1.807) is 6.07 Å². The van der Waals surface area contributed by atoms with E-state index in [0.717, 1.165) is 0 Å². The van der Waals surface area contributed by atoms with Gasteiger partial charge in [0.25, 0.3) is 0 Å². The third-order valence-electron chi connectivity index (χ3n) is 1.58. The van der Waals surface area contributed by atoms with E-state index in [2.05, 4.69) is 10.3 Å². The molecule has 5 nitrogen and oxygen atoms in total. The van der Waals surface area contributed by atoms with Crippen molar-refractivity contribution in [1.29, 1.82) is 0 Å². The Morgan fingerprint density at radius 3 is 2.67 bits per heavy atom. The standard InChI is InChI=1S/C9H9ClN2O3/c10-7-2-1-6(5-11-7)12-8(13)3-4-9(14)15/h1-2,5H,3-4H2,(H,12,13)(H,14,15). The van der Waals surface area contributed by atoms with Crippen LogP contribution in [-0.4, -0.2) is 22.0 Å². The average molecular weight is 229 g/mol. The maximum absolute atomic E-state index is 11.2. The first kappa shape index (κ1) is 11.5. The molecule has 0 spiro atoms. The van der Waals surface area contributed by atoms with Gasteiger partial charge in [0.05, 0.1) is 18.3 Å². The Balaban J connectivity index is 2.44. The molecule has 1 aromatic heterocycles. The topological polar surface area (TPSA) is 79.3 Å². The minimum atomic E-state index is -1.00. The van der Waals surface area contributed by atoms with Crippen LogP contribution in [0.3, 0.4) is 0 Å². The summed E-state index contributed by atoms with van der Waals surface area (Å²) in [7, 11) is 0. The second-order valence-corrected chi connectivity index (χ2v) is 3.20. The number of nitrogens with one attached hydrogen (secondary N) is 1. The molecule has 0 saturated heterocycles. The largest absolute Gasteiger partial charge is 0.481 e. The summed E-state index contributed by atoms with van der Waals surface area (Å²) < 4.78 is 0. The van der Waals surface area contributed by atoms with Crippen LogP contribution in [0.2, 0.25) is 5.15 Å². The number of nitrogens with zero attached hydrogens (tertiary/aromatic N) is 1. The summed E-state index contributed by atoms with van der Waals surface area (Å²) in [4.78, 5) is 25.1. The van der Waals surface area contributed by atoms with Gasteiger partial charge in [-0.15, -0.1) is 0 Å². The van der Waals surface area contributed by atoms with Gasteiger partial charge in [0.2, 0.25) is 5.91 Å². The van der Waals surface area contributed by atoms with Gasteiger partial charge < -0.3 is 10.4 Å². The summed E-state index contributed by atoms with van der Waals surface area (Å²) in [5, 5.41) is 11.2. The van der Waals surface area contributed by atoms with E-state index in [-0.39, 0.29) is 18.7 Å². The van der Waals surface area contributed by atoms with E-state index in [4.69, 9.17) is 16.7 Å². The van der Waals surface area contributed by atoms with Crippen molar-refractivity contribution in [2.75, 3.05) is 5.32 Å². The molecule has 6 heteroatoms. The monoisotopic (exact) mass is 228 g/mol. The number of amides is 1. The van der Waals surface area contributed by atoms with Crippen molar-refractivity contribution >= 4 is 29.2 Å². The molecular weight excluding hydrogens is 220 g/mol. The first-order valence-electron chi connectivity index (χ1n) is 4.21. The quantitative estimate of drug-likeness (QED) is 0.766. The molecule has 0 aromatic carbocycles. The second-order valence-electron chi connectivity index (χ2n) is 2.81. The van der Waals surface area contributed by atoms with Gasteiger partial charge in [-0.05, 0) is 12.1 Å². The zero-order valence-electron chi connectivity index (χ0n) is 7.74. The Morgan fingerprint density at radius 1 is 1.40 bits per heavy atom. The molecule has 15 heavy (non-hydrogen) atoms. The fourth-order valence-electron chi connectivity index (χ4n) is 0.894. The van der Waals surface area contributed by atoms with Crippen LogP contribution in [0.4, 0.5) is 5.69 Å². The molecule has 0 aliphatic heterocycles. The lowest BCUT2D eigenvalue weighted by molar-refractivity contribution is -0.138. The number of hydrogen-bond donors (Lipinski definition) is 2. The summed E-state index contributed by atoms with van der Waals surface area (Å²) in [5.74, 6) is -1.36. The first-order valence-corrected chi connectivity index (χ1v) is 4.59. The van der Waals surface area contributed by atoms with Crippen molar-refractivity contribution in [3.05, 3.63) is 23.5 Å². The van der Waals surface area contributed by atoms with Crippen molar-refractivity contribution in [3.8, 4) is 0 Å². The number of carbonyl (C=O) groups is 2. The molecule has 80 valence electrons.